The lowest BCUT2D eigenvalue weighted by Crippen LogP contribution is -2.27. The first kappa shape index (κ1) is 11.6. The number of nitrogen functional groups attached to an aromatic ring is 1. The predicted octanol–water partition coefficient (Wildman–Crippen LogP) is 0.403. The lowest BCUT2D eigenvalue weighted by atomic mass is 10.3. The molecule has 0 aromatic carbocycles. The number of rotatable bonds is 4. The van der Waals surface area contributed by atoms with Crippen molar-refractivity contribution < 1.29 is 4.79 Å². The molecule has 4 N–H and O–H groups in total. The monoisotopic (exact) mass is 235 g/mol. The second kappa shape index (κ2) is 4.57. The molecule has 0 unspecified atom stereocenters. The Morgan fingerprint density at radius 2 is 2.18 bits per heavy atom. The van der Waals surface area contributed by atoms with Gasteiger partial charge in [0.15, 0.2) is 0 Å². The second-order valence-corrected chi connectivity index (χ2v) is 4.24. The highest BCUT2D eigenvalue weighted by Crippen LogP contribution is 2.39. The molecule has 6 heteroatoms. The van der Waals surface area contributed by atoms with Gasteiger partial charge < -0.3 is 16.4 Å². The highest BCUT2D eigenvalue weighted by Gasteiger charge is 2.27. The molecule has 0 atom stereocenters. The smallest absolute Gasteiger partial charge is 0.239 e. The molecule has 1 aliphatic rings. The number of nitrogens with two attached hydrogens (primary N) is 1. The summed E-state index contributed by atoms with van der Waals surface area (Å²) in [6.45, 7) is 2.04. The van der Waals surface area contributed by atoms with Crippen molar-refractivity contribution in [3.05, 3.63) is 11.4 Å². The molecule has 1 aliphatic carbocycles. The van der Waals surface area contributed by atoms with Gasteiger partial charge in [0.05, 0.1) is 6.54 Å². The third-order valence-corrected chi connectivity index (χ3v) is 2.84. The summed E-state index contributed by atoms with van der Waals surface area (Å²) in [4.78, 5) is 19.9. The Morgan fingerprint density at radius 3 is 2.76 bits per heavy atom. The van der Waals surface area contributed by atoms with Crippen LogP contribution in [-0.4, -0.2) is 29.5 Å². The maximum absolute atomic E-state index is 11.2. The van der Waals surface area contributed by atoms with Crippen molar-refractivity contribution in [2.75, 3.05) is 24.6 Å². The van der Waals surface area contributed by atoms with Gasteiger partial charge in [-0.25, -0.2) is 9.97 Å². The first-order valence-electron chi connectivity index (χ1n) is 5.70. The third-order valence-electron chi connectivity index (χ3n) is 2.84. The van der Waals surface area contributed by atoms with Gasteiger partial charge in [-0.3, -0.25) is 4.79 Å². The van der Waals surface area contributed by atoms with E-state index in [1.807, 2.05) is 6.92 Å². The lowest BCUT2D eigenvalue weighted by Gasteiger charge is -2.11. The van der Waals surface area contributed by atoms with Crippen molar-refractivity contribution in [1.29, 1.82) is 0 Å². The van der Waals surface area contributed by atoms with Gasteiger partial charge in [-0.15, -0.1) is 0 Å². The van der Waals surface area contributed by atoms with Crippen LogP contribution in [0.25, 0.3) is 0 Å². The van der Waals surface area contributed by atoms with Crippen molar-refractivity contribution in [2.45, 2.75) is 25.7 Å². The Morgan fingerprint density at radius 1 is 1.47 bits per heavy atom. The van der Waals surface area contributed by atoms with E-state index in [2.05, 4.69) is 20.6 Å². The number of carbonyl (C=O) groups excluding carboxylic acids is 1. The second-order valence-electron chi connectivity index (χ2n) is 4.24. The largest absolute Gasteiger partial charge is 0.383 e. The zero-order valence-electron chi connectivity index (χ0n) is 10.1. The molecule has 1 fully saturated rings. The summed E-state index contributed by atoms with van der Waals surface area (Å²) in [5.74, 6) is 2.28. The molecule has 1 aromatic rings. The van der Waals surface area contributed by atoms with E-state index >= 15 is 0 Å². The molecule has 0 bridgehead atoms. The van der Waals surface area contributed by atoms with Crippen LogP contribution in [0.15, 0.2) is 0 Å². The summed E-state index contributed by atoms with van der Waals surface area (Å²) in [5, 5.41) is 5.53. The Bertz CT molecular complexity index is 442. The number of hydrogen-bond acceptors (Lipinski definition) is 5. The van der Waals surface area contributed by atoms with E-state index in [9.17, 15) is 4.79 Å². The molecule has 92 valence electrons. The summed E-state index contributed by atoms with van der Waals surface area (Å²) in [6.07, 6.45) is 2.24. The number of carbonyl (C=O) groups is 1. The number of hydrogen-bond donors (Lipinski definition) is 3. The standard InChI is InChI=1S/C11H17N5O/c1-6-9(12)15-11(7-3-4-7)16-10(6)14-5-8(17)13-2/h7H,3-5H2,1-2H3,(H,13,17)(H3,12,14,15,16). The highest BCUT2D eigenvalue weighted by molar-refractivity contribution is 5.80. The summed E-state index contributed by atoms with van der Waals surface area (Å²) < 4.78 is 0. The Balaban J connectivity index is 2.16. The van der Waals surface area contributed by atoms with E-state index in [1.165, 1.54) is 0 Å². The average Bonchev–Trinajstić information content (AvgIpc) is 3.14. The van der Waals surface area contributed by atoms with Crippen LogP contribution >= 0.6 is 0 Å². The van der Waals surface area contributed by atoms with E-state index in [1.54, 1.807) is 7.05 Å². The van der Waals surface area contributed by atoms with E-state index in [0.29, 0.717) is 17.6 Å². The van der Waals surface area contributed by atoms with Gasteiger partial charge in [0.25, 0.3) is 0 Å². The van der Waals surface area contributed by atoms with Crippen LogP contribution in [0.1, 0.15) is 30.1 Å². The van der Waals surface area contributed by atoms with Gasteiger partial charge in [-0.1, -0.05) is 0 Å². The first-order chi connectivity index (χ1) is 8.11. The number of aromatic nitrogens is 2. The average molecular weight is 235 g/mol. The molecule has 0 aliphatic heterocycles. The number of amides is 1. The summed E-state index contributed by atoms with van der Waals surface area (Å²) >= 11 is 0. The molecule has 1 aromatic heterocycles. The zero-order chi connectivity index (χ0) is 12.4. The fraction of sp³-hybridized carbons (Fsp3) is 0.545. The zero-order valence-corrected chi connectivity index (χ0v) is 10.1. The van der Waals surface area contributed by atoms with Crippen LogP contribution in [0.2, 0.25) is 0 Å². The Hall–Kier alpha value is -1.85. The van der Waals surface area contributed by atoms with Crippen molar-refractivity contribution in [2.24, 2.45) is 0 Å². The Labute approximate surface area is 100 Å². The SMILES string of the molecule is CNC(=O)CNc1nc(C2CC2)nc(N)c1C. The molecule has 2 rings (SSSR count). The van der Waals surface area contributed by atoms with Gasteiger partial charge in [0.1, 0.15) is 17.5 Å². The van der Waals surface area contributed by atoms with Crippen molar-refractivity contribution in [3.8, 4) is 0 Å². The van der Waals surface area contributed by atoms with Crippen LogP contribution in [0, 0.1) is 6.92 Å². The van der Waals surface area contributed by atoms with Crippen LogP contribution in [0.4, 0.5) is 11.6 Å². The minimum atomic E-state index is -0.0884. The van der Waals surface area contributed by atoms with E-state index in [0.717, 1.165) is 24.2 Å². The molecule has 17 heavy (non-hydrogen) atoms. The number of anilines is 2. The van der Waals surface area contributed by atoms with E-state index in [4.69, 9.17) is 5.73 Å². The van der Waals surface area contributed by atoms with Crippen molar-refractivity contribution in [1.82, 2.24) is 15.3 Å². The van der Waals surface area contributed by atoms with Crippen LogP contribution in [0.5, 0.6) is 0 Å². The minimum absolute atomic E-state index is 0.0884. The van der Waals surface area contributed by atoms with Crippen LogP contribution < -0.4 is 16.4 Å². The summed E-state index contributed by atoms with van der Waals surface area (Å²) in [5.41, 5.74) is 6.62. The minimum Gasteiger partial charge on any atom is -0.383 e. The molecule has 1 heterocycles. The molecule has 0 radical (unpaired) electrons. The van der Waals surface area contributed by atoms with Crippen LogP contribution in [-0.2, 0) is 4.79 Å². The lowest BCUT2D eigenvalue weighted by molar-refractivity contribution is -0.118. The third kappa shape index (κ3) is 2.64. The number of nitrogens with zero attached hydrogens (tertiary/aromatic N) is 2. The van der Waals surface area contributed by atoms with Gasteiger partial charge in [-0.05, 0) is 19.8 Å². The molecular formula is C11H17N5O. The predicted molar refractivity (Wildman–Crippen MR) is 65.7 cm³/mol. The molecular weight excluding hydrogens is 218 g/mol. The molecule has 1 amide bonds. The quantitative estimate of drug-likeness (QED) is 0.702. The van der Waals surface area contributed by atoms with Crippen LogP contribution in [0.3, 0.4) is 0 Å². The molecule has 1 saturated carbocycles. The van der Waals surface area contributed by atoms with Crippen molar-refractivity contribution in [3.63, 3.8) is 0 Å². The van der Waals surface area contributed by atoms with E-state index in [-0.39, 0.29) is 12.5 Å². The first-order valence-corrected chi connectivity index (χ1v) is 5.70. The summed E-state index contributed by atoms with van der Waals surface area (Å²) in [7, 11) is 1.60. The van der Waals surface area contributed by atoms with Gasteiger partial charge in [-0.2, -0.15) is 0 Å². The maximum Gasteiger partial charge on any atom is 0.239 e. The molecule has 0 saturated heterocycles. The summed E-state index contributed by atoms with van der Waals surface area (Å²) in [6, 6.07) is 0. The Kier molecular flexibility index (Phi) is 3.12. The van der Waals surface area contributed by atoms with Gasteiger partial charge >= 0.3 is 0 Å². The molecule has 6 nitrogen and oxygen atoms in total. The van der Waals surface area contributed by atoms with Gasteiger partial charge in [0.2, 0.25) is 5.91 Å². The van der Waals surface area contributed by atoms with Gasteiger partial charge in [0, 0.05) is 18.5 Å². The highest BCUT2D eigenvalue weighted by atomic mass is 16.1. The van der Waals surface area contributed by atoms with Crippen molar-refractivity contribution >= 4 is 17.5 Å². The number of likely N-dealkylation sites (N-methyl/N-ethyl adjacent to an activating group) is 1. The fourth-order valence-electron chi connectivity index (χ4n) is 1.50. The normalized spacial score (nSPS) is 14.5. The maximum atomic E-state index is 11.2. The molecule has 0 spiro atoms. The van der Waals surface area contributed by atoms with E-state index < -0.39 is 0 Å². The fourth-order valence-corrected chi connectivity index (χ4v) is 1.50. The number of nitrogens with one attached hydrogen (secondary N) is 2. The topological polar surface area (TPSA) is 92.9 Å².